The number of carbonyl (C=O) groups is 2. The first-order valence-corrected chi connectivity index (χ1v) is 7.83. The second-order valence-corrected chi connectivity index (χ2v) is 5.86. The number of carbonyl (C=O) groups excluding carboxylic acids is 2. The fourth-order valence-electron chi connectivity index (χ4n) is 2.77. The fourth-order valence-corrected chi connectivity index (χ4v) is 2.77. The Morgan fingerprint density at radius 2 is 1.60 bits per heavy atom. The van der Waals surface area contributed by atoms with Crippen LogP contribution in [0.1, 0.15) is 17.9 Å². The number of hydrogen-bond donors (Lipinski definition) is 3. The molecule has 0 spiro atoms. The van der Waals surface area contributed by atoms with E-state index in [4.69, 9.17) is 0 Å². The lowest BCUT2D eigenvalue weighted by molar-refractivity contribution is -0.117. The Labute approximate surface area is 143 Å². The Hall–Kier alpha value is -2.96. The molecule has 130 valence electrons. The van der Waals surface area contributed by atoms with Crippen molar-refractivity contribution < 1.29 is 18.4 Å². The topological polar surface area (TPSA) is 70.2 Å². The molecule has 2 aromatic rings. The van der Waals surface area contributed by atoms with Gasteiger partial charge in [0.25, 0.3) is 0 Å². The first-order valence-electron chi connectivity index (χ1n) is 7.83. The molecule has 0 aromatic heterocycles. The van der Waals surface area contributed by atoms with Crippen molar-refractivity contribution in [3.8, 4) is 0 Å². The summed E-state index contributed by atoms with van der Waals surface area (Å²) in [5, 5.41) is 7.75. The van der Waals surface area contributed by atoms with Crippen molar-refractivity contribution in [1.29, 1.82) is 0 Å². The van der Waals surface area contributed by atoms with Gasteiger partial charge in [-0.1, -0.05) is 12.1 Å². The maximum absolute atomic E-state index is 13.8. The van der Waals surface area contributed by atoms with Crippen molar-refractivity contribution >= 4 is 23.3 Å². The molecular weight excluding hydrogens is 328 g/mol. The molecule has 1 fully saturated rings. The Balaban J connectivity index is 1.66. The second-order valence-electron chi connectivity index (χ2n) is 5.86. The van der Waals surface area contributed by atoms with Gasteiger partial charge in [-0.05, 0) is 36.8 Å². The van der Waals surface area contributed by atoms with Gasteiger partial charge in [0, 0.05) is 35.8 Å². The number of urea groups is 1. The predicted molar refractivity (Wildman–Crippen MR) is 90.4 cm³/mol. The summed E-state index contributed by atoms with van der Waals surface area (Å²) in [7, 11) is 1.50. The third kappa shape index (κ3) is 3.76. The minimum Gasteiger partial charge on any atom is -0.341 e. The van der Waals surface area contributed by atoms with Crippen LogP contribution < -0.4 is 16.0 Å². The molecule has 0 radical (unpaired) electrons. The van der Waals surface area contributed by atoms with E-state index in [1.165, 1.54) is 25.2 Å². The number of amides is 3. The van der Waals surface area contributed by atoms with Crippen LogP contribution in [0.25, 0.3) is 0 Å². The third-order valence-corrected chi connectivity index (χ3v) is 4.11. The standard InChI is InChI=1S/C18H17F2N3O2/c1-21-18(25)23-11-5-2-4-10(8-11)22-17(24)13-9-12(13)16-14(19)6-3-7-15(16)20/h2-8,12-13H,9H2,1H3,(H,22,24)(H2,21,23,25)/t12-,13-/m0/s1. The number of benzene rings is 2. The van der Waals surface area contributed by atoms with Gasteiger partial charge >= 0.3 is 6.03 Å². The van der Waals surface area contributed by atoms with Crippen LogP contribution >= 0.6 is 0 Å². The van der Waals surface area contributed by atoms with Crippen LogP contribution in [0.3, 0.4) is 0 Å². The summed E-state index contributed by atoms with van der Waals surface area (Å²) in [5.74, 6) is -2.48. The summed E-state index contributed by atoms with van der Waals surface area (Å²) in [6.07, 6.45) is 0.403. The van der Waals surface area contributed by atoms with E-state index in [1.54, 1.807) is 24.3 Å². The number of hydrogen-bond acceptors (Lipinski definition) is 2. The van der Waals surface area contributed by atoms with Gasteiger partial charge in [0.1, 0.15) is 11.6 Å². The Morgan fingerprint density at radius 3 is 2.24 bits per heavy atom. The summed E-state index contributed by atoms with van der Waals surface area (Å²) in [4.78, 5) is 23.6. The average molecular weight is 345 g/mol. The third-order valence-electron chi connectivity index (χ3n) is 4.11. The fraction of sp³-hybridized carbons (Fsp3) is 0.222. The molecule has 1 aliphatic rings. The second kappa shape index (κ2) is 6.88. The Bertz CT molecular complexity index is 805. The molecule has 3 N–H and O–H groups in total. The number of anilines is 2. The van der Waals surface area contributed by atoms with Crippen LogP contribution in [0.15, 0.2) is 42.5 Å². The molecule has 0 bridgehead atoms. The number of nitrogens with one attached hydrogen (secondary N) is 3. The normalized spacial score (nSPS) is 18.4. The Kier molecular flexibility index (Phi) is 4.65. The summed E-state index contributed by atoms with van der Waals surface area (Å²) in [5.41, 5.74) is 0.987. The molecule has 0 aliphatic heterocycles. The van der Waals surface area contributed by atoms with Gasteiger partial charge in [-0.15, -0.1) is 0 Å². The summed E-state index contributed by atoms with van der Waals surface area (Å²) in [6.45, 7) is 0. The minimum atomic E-state index is -0.628. The van der Waals surface area contributed by atoms with Gasteiger partial charge in [-0.3, -0.25) is 4.79 Å². The molecule has 25 heavy (non-hydrogen) atoms. The molecule has 3 rings (SSSR count). The molecule has 2 atom stereocenters. The highest BCUT2D eigenvalue weighted by Crippen LogP contribution is 2.49. The van der Waals surface area contributed by atoms with Gasteiger partial charge in [0.05, 0.1) is 0 Å². The van der Waals surface area contributed by atoms with Gasteiger partial charge in [0.15, 0.2) is 0 Å². The van der Waals surface area contributed by atoms with Gasteiger partial charge in [-0.2, -0.15) is 0 Å². The van der Waals surface area contributed by atoms with Crippen molar-refractivity contribution in [2.45, 2.75) is 12.3 Å². The van der Waals surface area contributed by atoms with Crippen molar-refractivity contribution in [2.75, 3.05) is 17.7 Å². The zero-order chi connectivity index (χ0) is 18.0. The highest BCUT2D eigenvalue weighted by molar-refractivity contribution is 5.96. The van der Waals surface area contributed by atoms with E-state index >= 15 is 0 Å². The highest BCUT2D eigenvalue weighted by Gasteiger charge is 2.46. The van der Waals surface area contributed by atoms with Crippen LogP contribution in [0.2, 0.25) is 0 Å². The Morgan fingerprint density at radius 1 is 1.00 bits per heavy atom. The van der Waals surface area contributed by atoms with Crippen LogP contribution in [0.5, 0.6) is 0 Å². The lowest BCUT2D eigenvalue weighted by atomic mass is 10.1. The lowest BCUT2D eigenvalue weighted by Crippen LogP contribution is -2.24. The van der Waals surface area contributed by atoms with E-state index in [0.717, 1.165) is 0 Å². The monoisotopic (exact) mass is 345 g/mol. The van der Waals surface area contributed by atoms with Crippen LogP contribution in [-0.2, 0) is 4.79 Å². The average Bonchev–Trinajstić information content (AvgIpc) is 3.35. The molecule has 5 nitrogen and oxygen atoms in total. The van der Waals surface area contributed by atoms with E-state index in [-0.39, 0.29) is 17.5 Å². The van der Waals surface area contributed by atoms with Crippen molar-refractivity contribution in [3.63, 3.8) is 0 Å². The number of rotatable bonds is 4. The van der Waals surface area contributed by atoms with Crippen molar-refractivity contribution in [2.24, 2.45) is 5.92 Å². The number of halogens is 2. The van der Waals surface area contributed by atoms with Crippen molar-refractivity contribution in [1.82, 2.24) is 5.32 Å². The van der Waals surface area contributed by atoms with E-state index < -0.39 is 23.5 Å². The van der Waals surface area contributed by atoms with Gasteiger partial charge in [-0.25, -0.2) is 13.6 Å². The molecule has 1 aliphatic carbocycles. The zero-order valence-corrected chi connectivity index (χ0v) is 13.5. The quantitative estimate of drug-likeness (QED) is 0.794. The summed E-state index contributed by atoms with van der Waals surface area (Å²) in [6, 6.07) is 9.96. The van der Waals surface area contributed by atoms with Crippen LogP contribution in [0.4, 0.5) is 25.0 Å². The largest absolute Gasteiger partial charge is 0.341 e. The van der Waals surface area contributed by atoms with Crippen LogP contribution in [-0.4, -0.2) is 19.0 Å². The summed E-state index contributed by atoms with van der Waals surface area (Å²) >= 11 is 0. The molecular formula is C18H17F2N3O2. The maximum Gasteiger partial charge on any atom is 0.318 e. The molecule has 1 saturated carbocycles. The smallest absolute Gasteiger partial charge is 0.318 e. The molecule has 2 aromatic carbocycles. The highest BCUT2D eigenvalue weighted by atomic mass is 19.1. The van der Waals surface area contributed by atoms with Crippen LogP contribution in [0, 0.1) is 17.6 Å². The van der Waals surface area contributed by atoms with Crippen molar-refractivity contribution in [3.05, 3.63) is 59.7 Å². The zero-order valence-electron chi connectivity index (χ0n) is 13.5. The first-order chi connectivity index (χ1) is 12.0. The summed E-state index contributed by atoms with van der Waals surface area (Å²) < 4.78 is 27.6. The van der Waals surface area contributed by atoms with E-state index in [0.29, 0.717) is 17.8 Å². The van der Waals surface area contributed by atoms with E-state index in [2.05, 4.69) is 16.0 Å². The maximum atomic E-state index is 13.8. The molecule has 7 heteroatoms. The predicted octanol–water partition coefficient (Wildman–Crippen LogP) is 3.46. The molecule has 0 saturated heterocycles. The van der Waals surface area contributed by atoms with E-state index in [9.17, 15) is 18.4 Å². The van der Waals surface area contributed by atoms with Gasteiger partial charge < -0.3 is 16.0 Å². The molecule has 0 heterocycles. The van der Waals surface area contributed by atoms with E-state index in [1.807, 2.05) is 0 Å². The lowest BCUT2D eigenvalue weighted by Gasteiger charge is -2.09. The first kappa shape index (κ1) is 16.9. The SMILES string of the molecule is CNC(=O)Nc1cccc(NC(=O)[C@H]2C[C@@H]2c2c(F)cccc2F)c1. The van der Waals surface area contributed by atoms with Gasteiger partial charge in [0.2, 0.25) is 5.91 Å². The molecule has 3 amide bonds. The molecule has 0 unspecified atom stereocenters. The minimum absolute atomic E-state index is 0.0299.